The van der Waals surface area contributed by atoms with Gasteiger partial charge in [0.25, 0.3) is 11.3 Å². The number of unbranched alkanes of at least 4 members (excludes halogenated alkanes) is 1. The van der Waals surface area contributed by atoms with Crippen LogP contribution in [0.3, 0.4) is 0 Å². The number of aliphatic carboxylic acids is 1. The maximum absolute atomic E-state index is 12.5. The fraction of sp³-hybridized carbons (Fsp3) is 0.524. The van der Waals surface area contributed by atoms with E-state index in [1.54, 1.807) is 35.2 Å². The van der Waals surface area contributed by atoms with Crippen LogP contribution in [0, 0.1) is 5.92 Å². The molecule has 2 rings (SSSR count). The van der Waals surface area contributed by atoms with Crippen LogP contribution >= 0.6 is 0 Å². The third kappa shape index (κ3) is 9.75. The van der Waals surface area contributed by atoms with Crippen LogP contribution in [-0.2, 0) is 25.7 Å². The van der Waals surface area contributed by atoms with Crippen LogP contribution < -0.4 is 25.7 Å². The van der Waals surface area contributed by atoms with Crippen molar-refractivity contribution in [1.29, 1.82) is 0 Å². The summed E-state index contributed by atoms with van der Waals surface area (Å²) in [6, 6.07) is 7.01. The molecule has 2 atom stereocenters. The molecule has 188 valence electrons. The van der Waals surface area contributed by atoms with Crippen molar-refractivity contribution in [2.75, 3.05) is 26.2 Å². The first-order chi connectivity index (χ1) is 16.3. The average Bonchev–Trinajstić information content (AvgIpc) is 2.81. The second-order valence-electron chi connectivity index (χ2n) is 7.80. The molecule has 0 aliphatic carbocycles. The van der Waals surface area contributed by atoms with E-state index in [0.29, 0.717) is 57.5 Å². The van der Waals surface area contributed by atoms with E-state index in [-0.39, 0.29) is 30.2 Å². The van der Waals surface area contributed by atoms with Crippen molar-refractivity contribution < 1.29 is 27.9 Å². The lowest BCUT2D eigenvalue weighted by atomic mass is 9.95. The summed E-state index contributed by atoms with van der Waals surface area (Å²) in [6.07, 6.45) is 2.75. The second kappa shape index (κ2) is 14.2. The molecule has 0 aromatic heterocycles. The van der Waals surface area contributed by atoms with Crippen molar-refractivity contribution in [1.82, 2.24) is 14.9 Å². The average molecular weight is 497 g/mol. The second-order valence-corrected chi connectivity index (χ2v) is 8.68. The molecule has 1 aliphatic rings. The Hall–Kier alpha value is -3.19. The number of carbonyl (C=O) groups is 3. The number of hydrogen-bond donors (Lipinski definition) is 5. The summed E-state index contributed by atoms with van der Waals surface area (Å²) >= 11 is -2.10. The van der Waals surface area contributed by atoms with Crippen LogP contribution in [0.5, 0.6) is 5.75 Å². The number of hydrogen-bond acceptors (Lipinski definition) is 6. The quantitative estimate of drug-likeness (QED) is 0.137. The smallest absolute Gasteiger partial charge is 0.323 e. The van der Waals surface area contributed by atoms with Gasteiger partial charge in [0.15, 0.2) is 5.96 Å². The van der Waals surface area contributed by atoms with Crippen LogP contribution in [0.1, 0.15) is 32.1 Å². The Morgan fingerprint density at radius 3 is 2.47 bits per heavy atom. The minimum absolute atomic E-state index is 0.0274. The summed E-state index contributed by atoms with van der Waals surface area (Å²) in [4.78, 5) is 41.9. The monoisotopic (exact) mass is 496 g/mol. The number of nitrogens with two attached hydrogens (primary N) is 2. The molecule has 13 heteroatoms. The summed E-state index contributed by atoms with van der Waals surface area (Å²) < 4.78 is 19.5. The van der Waals surface area contributed by atoms with E-state index in [0.717, 1.165) is 0 Å². The Morgan fingerprint density at radius 1 is 1.18 bits per heavy atom. The van der Waals surface area contributed by atoms with Crippen molar-refractivity contribution in [2.24, 2.45) is 22.4 Å². The first-order valence-electron chi connectivity index (χ1n) is 11.0. The molecule has 12 nitrogen and oxygen atoms in total. The maximum atomic E-state index is 12.5. The number of carbonyl (C=O) groups excluding carboxylic acids is 2. The lowest BCUT2D eigenvalue weighted by Gasteiger charge is -2.31. The summed E-state index contributed by atoms with van der Waals surface area (Å²) in [5, 5.41) is 12.0. The largest absolute Gasteiger partial charge is 0.480 e. The van der Waals surface area contributed by atoms with Crippen LogP contribution in [-0.4, -0.2) is 70.2 Å². The third-order valence-electron chi connectivity index (χ3n) is 5.24. The lowest BCUT2D eigenvalue weighted by Crippen LogP contribution is -2.49. The lowest BCUT2D eigenvalue weighted by molar-refractivity contribution is -0.139. The van der Waals surface area contributed by atoms with Crippen molar-refractivity contribution >= 4 is 35.0 Å². The van der Waals surface area contributed by atoms with E-state index in [9.17, 15) is 23.7 Å². The van der Waals surface area contributed by atoms with Crippen LogP contribution in [0.15, 0.2) is 35.3 Å². The van der Waals surface area contributed by atoms with E-state index < -0.39 is 23.3 Å². The Bertz CT molecular complexity index is 872. The van der Waals surface area contributed by atoms with Gasteiger partial charge in [-0.1, -0.05) is 18.2 Å². The first-order valence-corrected chi connectivity index (χ1v) is 12.1. The molecule has 1 fully saturated rings. The predicted molar refractivity (Wildman–Crippen MR) is 127 cm³/mol. The predicted octanol–water partition coefficient (Wildman–Crippen LogP) is -0.515. The highest BCUT2D eigenvalue weighted by molar-refractivity contribution is 7.78. The zero-order valence-electron chi connectivity index (χ0n) is 18.9. The first kappa shape index (κ1) is 27.1. The molecular weight excluding hydrogens is 464 g/mol. The maximum Gasteiger partial charge on any atom is 0.323 e. The fourth-order valence-electron chi connectivity index (χ4n) is 3.38. The van der Waals surface area contributed by atoms with Gasteiger partial charge in [0.05, 0.1) is 0 Å². The number of amides is 2. The molecule has 0 radical (unpaired) electrons. The molecule has 2 unspecified atom stereocenters. The van der Waals surface area contributed by atoms with Gasteiger partial charge in [0, 0.05) is 38.5 Å². The van der Waals surface area contributed by atoms with E-state index in [4.69, 9.17) is 15.7 Å². The topological polar surface area (TPSA) is 189 Å². The number of nitrogens with zero attached hydrogens (tertiary/aromatic N) is 2. The van der Waals surface area contributed by atoms with Crippen molar-refractivity contribution in [3.8, 4) is 5.75 Å². The molecular formula is C21H32N6O6S. The number of rotatable bonds is 13. The molecule has 34 heavy (non-hydrogen) atoms. The minimum Gasteiger partial charge on any atom is -0.480 e. The van der Waals surface area contributed by atoms with Gasteiger partial charge in [-0.2, -0.15) is 8.93 Å². The number of para-hydroxylation sites is 1. The number of aliphatic imine (C=N–C) groups is 1. The van der Waals surface area contributed by atoms with Gasteiger partial charge in [-0.3, -0.25) is 19.4 Å². The van der Waals surface area contributed by atoms with E-state index >= 15 is 0 Å². The molecule has 0 bridgehead atoms. The highest BCUT2D eigenvalue weighted by Gasteiger charge is 2.28. The molecule has 1 aliphatic heterocycles. The zero-order valence-corrected chi connectivity index (χ0v) is 19.7. The molecule has 7 N–H and O–H groups in total. The van der Waals surface area contributed by atoms with Gasteiger partial charge in [0.1, 0.15) is 11.8 Å². The van der Waals surface area contributed by atoms with Gasteiger partial charge in [-0.25, -0.2) is 0 Å². The molecule has 1 heterocycles. The molecule has 1 saturated heterocycles. The van der Waals surface area contributed by atoms with E-state index in [1.165, 1.54) is 0 Å². The van der Waals surface area contributed by atoms with Crippen molar-refractivity contribution in [3.63, 3.8) is 0 Å². The Balaban J connectivity index is 1.70. The minimum atomic E-state index is -2.10. The van der Waals surface area contributed by atoms with E-state index in [2.05, 4.69) is 15.0 Å². The Kier molecular flexibility index (Phi) is 11.3. The molecule has 2 amide bonds. The fourth-order valence-corrected chi connectivity index (χ4v) is 4.13. The SMILES string of the molecule is NC(N)=NCCCCC(=O)N1CCC(C(=O)NCC(NS(=O)Oc2ccccc2)C(=O)O)CC1. The molecule has 1 aromatic carbocycles. The van der Waals surface area contributed by atoms with Gasteiger partial charge in [0.2, 0.25) is 11.8 Å². The highest BCUT2D eigenvalue weighted by atomic mass is 32.2. The van der Waals surface area contributed by atoms with Gasteiger partial charge in [-0.15, -0.1) is 0 Å². The highest BCUT2D eigenvalue weighted by Crippen LogP contribution is 2.18. The molecule has 0 spiro atoms. The summed E-state index contributed by atoms with van der Waals surface area (Å²) in [5.41, 5.74) is 10.5. The van der Waals surface area contributed by atoms with Crippen molar-refractivity contribution in [2.45, 2.75) is 38.1 Å². The van der Waals surface area contributed by atoms with E-state index in [1.807, 2.05) is 0 Å². The van der Waals surface area contributed by atoms with Crippen LogP contribution in [0.25, 0.3) is 0 Å². The Labute approximate surface area is 200 Å². The van der Waals surface area contributed by atoms with Gasteiger partial charge in [-0.05, 0) is 37.8 Å². The number of guanidine groups is 1. The number of carboxylic acids is 1. The standard InChI is InChI=1S/C21H32N6O6S/c22-21(23)24-11-5-4-8-18(28)27-12-9-15(10-13-27)19(29)25-14-17(20(30)31)26-34(32)33-16-6-2-1-3-7-16/h1-3,6-7,15,17,26H,4-5,8-14H2,(H,25,29)(H,30,31)(H4,22,23,24). The third-order valence-corrected chi connectivity index (χ3v) is 6.06. The molecule has 0 saturated carbocycles. The normalized spacial score (nSPS) is 15.7. The number of nitrogens with one attached hydrogen (secondary N) is 2. The summed E-state index contributed by atoms with van der Waals surface area (Å²) in [6.45, 7) is 1.14. The summed E-state index contributed by atoms with van der Waals surface area (Å²) in [5.74, 6) is -1.52. The number of benzene rings is 1. The van der Waals surface area contributed by atoms with Crippen molar-refractivity contribution in [3.05, 3.63) is 30.3 Å². The van der Waals surface area contributed by atoms with Gasteiger partial charge >= 0.3 is 5.97 Å². The van der Waals surface area contributed by atoms with Crippen LogP contribution in [0.2, 0.25) is 0 Å². The number of likely N-dealkylation sites (tertiary alicyclic amines) is 1. The Morgan fingerprint density at radius 2 is 1.85 bits per heavy atom. The van der Waals surface area contributed by atoms with Gasteiger partial charge < -0.3 is 31.0 Å². The molecule has 1 aromatic rings. The van der Waals surface area contributed by atoms with Crippen LogP contribution in [0.4, 0.5) is 0 Å². The zero-order chi connectivity index (χ0) is 24.9. The summed E-state index contributed by atoms with van der Waals surface area (Å²) in [7, 11) is 0. The number of piperidine rings is 1. The number of carboxylic acid groups (broad SMARTS) is 1.